The fourth-order valence-corrected chi connectivity index (χ4v) is 4.59. The molecular weight excluding hydrogens is 380 g/mol. The third kappa shape index (κ3) is 3.69. The van der Waals surface area contributed by atoms with Crippen molar-refractivity contribution < 1.29 is 4.79 Å². The fraction of sp³-hybridized carbons (Fsp3) is 0.636. The van der Waals surface area contributed by atoms with Crippen LogP contribution in [0.15, 0.2) is 4.79 Å². The quantitative estimate of drug-likeness (QED) is 0.830. The van der Waals surface area contributed by atoms with Crippen LogP contribution < -0.4 is 5.56 Å². The van der Waals surface area contributed by atoms with Gasteiger partial charge in [-0.3, -0.25) is 19.2 Å². The largest absolute Gasteiger partial charge is 0.331 e. The van der Waals surface area contributed by atoms with Crippen molar-refractivity contribution in [2.24, 2.45) is 0 Å². The summed E-state index contributed by atoms with van der Waals surface area (Å²) in [5, 5.41) is 4.51. The molecule has 8 heteroatoms. The molecule has 2 aromatic rings. The minimum Gasteiger partial charge on any atom is -0.331 e. The van der Waals surface area contributed by atoms with E-state index >= 15 is 0 Å². The summed E-state index contributed by atoms with van der Waals surface area (Å²) in [6.45, 7) is 12.8. The van der Waals surface area contributed by atoms with Crippen LogP contribution in [0.3, 0.4) is 0 Å². The van der Waals surface area contributed by atoms with Crippen molar-refractivity contribution in [3.05, 3.63) is 44.4 Å². The number of nitrogens with zero attached hydrogens (tertiary/aromatic N) is 5. The van der Waals surface area contributed by atoms with Gasteiger partial charge in [0.15, 0.2) is 0 Å². The minimum atomic E-state index is -0.178. The van der Waals surface area contributed by atoms with Crippen molar-refractivity contribution >= 4 is 5.91 Å². The zero-order valence-electron chi connectivity index (χ0n) is 18.7. The van der Waals surface area contributed by atoms with Crippen LogP contribution in [0.1, 0.15) is 66.8 Å². The summed E-state index contributed by atoms with van der Waals surface area (Å²) in [6, 6.07) is 0.236. The van der Waals surface area contributed by atoms with Crippen LogP contribution in [0.5, 0.6) is 0 Å². The lowest BCUT2D eigenvalue weighted by Gasteiger charge is -2.31. The van der Waals surface area contributed by atoms with E-state index in [4.69, 9.17) is 4.98 Å². The topological polar surface area (TPSA) is 87.1 Å². The van der Waals surface area contributed by atoms with Gasteiger partial charge >= 0.3 is 0 Å². The van der Waals surface area contributed by atoms with Gasteiger partial charge in [-0.15, -0.1) is 0 Å². The maximum absolute atomic E-state index is 13.1. The lowest BCUT2D eigenvalue weighted by Crippen LogP contribution is -2.40. The molecule has 1 N–H and O–H groups in total. The zero-order chi connectivity index (χ0) is 21.6. The second kappa shape index (κ2) is 7.98. The summed E-state index contributed by atoms with van der Waals surface area (Å²) in [6.07, 6.45) is 2.45. The SMILES string of the molecule is Cc1nn(CC(=O)N2CCC[C@@H]2c2nc3c(c(=O)[nH]2)CCN(C(C)C)C3)c(C)c1C. The molecular formula is C22H32N6O2. The van der Waals surface area contributed by atoms with Crippen LogP contribution in [-0.2, 0) is 24.3 Å². The molecule has 0 spiro atoms. The predicted octanol–water partition coefficient (Wildman–Crippen LogP) is 2.02. The number of hydrogen-bond acceptors (Lipinski definition) is 5. The number of H-pyrrole nitrogens is 1. The molecule has 2 aliphatic heterocycles. The van der Waals surface area contributed by atoms with E-state index in [-0.39, 0.29) is 24.1 Å². The number of likely N-dealkylation sites (tertiary alicyclic amines) is 1. The van der Waals surface area contributed by atoms with Crippen LogP contribution in [0.25, 0.3) is 0 Å². The number of carbonyl (C=O) groups excluding carboxylic acids is 1. The smallest absolute Gasteiger partial charge is 0.254 e. The summed E-state index contributed by atoms with van der Waals surface area (Å²) in [5.41, 5.74) is 4.70. The van der Waals surface area contributed by atoms with Gasteiger partial charge in [0.05, 0.1) is 17.4 Å². The molecule has 0 radical (unpaired) electrons. The van der Waals surface area contributed by atoms with Gasteiger partial charge in [-0.25, -0.2) is 4.98 Å². The average Bonchev–Trinajstić information content (AvgIpc) is 3.29. The number of aryl methyl sites for hydroxylation is 1. The van der Waals surface area contributed by atoms with Crippen molar-refractivity contribution in [1.82, 2.24) is 29.5 Å². The Morgan fingerprint density at radius 1 is 1.23 bits per heavy atom. The normalized spacial score (nSPS) is 19.5. The molecule has 162 valence electrons. The molecule has 0 unspecified atom stereocenters. The Hall–Kier alpha value is -2.48. The van der Waals surface area contributed by atoms with Crippen molar-refractivity contribution in [2.45, 2.75) is 79.1 Å². The first-order chi connectivity index (χ1) is 14.3. The van der Waals surface area contributed by atoms with Crippen molar-refractivity contribution in [3.8, 4) is 0 Å². The molecule has 1 saturated heterocycles. The van der Waals surface area contributed by atoms with Crippen LogP contribution in [0.4, 0.5) is 0 Å². The predicted molar refractivity (Wildman–Crippen MR) is 114 cm³/mol. The highest BCUT2D eigenvalue weighted by Gasteiger charge is 2.33. The Kier molecular flexibility index (Phi) is 5.53. The molecule has 4 heterocycles. The van der Waals surface area contributed by atoms with Gasteiger partial charge in [0.2, 0.25) is 5.91 Å². The second-order valence-electron chi connectivity index (χ2n) is 8.89. The molecule has 8 nitrogen and oxygen atoms in total. The molecule has 0 bridgehead atoms. The van der Waals surface area contributed by atoms with Gasteiger partial charge in [-0.2, -0.15) is 5.10 Å². The Balaban J connectivity index is 1.58. The number of carbonyl (C=O) groups is 1. The first kappa shape index (κ1) is 20.8. The van der Waals surface area contributed by atoms with E-state index < -0.39 is 0 Å². The van der Waals surface area contributed by atoms with E-state index in [1.807, 2.05) is 25.7 Å². The summed E-state index contributed by atoms with van der Waals surface area (Å²) >= 11 is 0. The van der Waals surface area contributed by atoms with E-state index in [9.17, 15) is 9.59 Å². The van der Waals surface area contributed by atoms with Gasteiger partial charge in [-0.05, 0) is 59.4 Å². The van der Waals surface area contributed by atoms with Crippen molar-refractivity contribution in [1.29, 1.82) is 0 Å². The second-order valence-corrected chi connectivity index (χ2v) is 8.89. The molecule has 1 atom stereocenters. The Morgan fingerprint density at radius 3 is 2.67 bits per heavy atom. The Morgan fingerprint density at radius 2 is 2.00 bits per heavy atom. The lowest BCUT2D eigenvalue weighted by molar-refractivity contribution is -0.133. The van der Waals surface area contributed by atoms with E-state index in [2.05, 4.69) is 28.8 Å². The molecule has 2 aromatic heterocycles. The lowest BCUT2D eigenvalue weighted by atomic mass is 10.0. The highest BCUT2D eigenvalue weighted by atomic mass is 16.2. The van der Waals surface area contributed by atoms with E-state index in [1.165, 1.54) is 0 Å². The zero-order valence-corrected chi connectivity index (χ0v) is 18.7. The number of nitrogens with one attached hydrogen (secondary N) is 1. The molecule has 30 heavy (non-hydrogen) atoms. The number of amides is 1. The summed E-state index contributed by atoms with van der Waals surface area (Å²) in [4.78, 5) is 37.9. The fourth-order valence-electron chi connectivity index (χ4n) is 4.59. The number of fused-ring (bicyclic) bond motifs is 1. The number of aromatic nitrogens is 4. The number of aromatic amines is 1. The molecule has 0 aromatic carbocycles. The van der Waals surface area contributed by atoms with Gasteiger partial charge in [-0.1, -0.05) is 0 Å². The van der Waals surface area contributed by atoms with Gasteiger partial charge in [0, 0.05) is 36.9 Å². The molecule has 0 saturated carbocycles. The number of hydrogen-bond donors (Lipinski definition) is 1. The van der Waals surface area contributed by atoms with Crippen LogP contribution in [-0.4, -0.2) is 54.6 Å². The molecule has 1 fully saturated rings. The van der Waals surface area contributed by atoms with E-state index in [0.29, 0.717) is 25.0 Å². The molecule has 4 rings (SSSR count). The maximum Gasteiger partial charge on any atom is 0.254 e. The molecule has 1 amide bonds. The molecule has 2 aliphatic rings. The first-order valence-electron chi connectivity index (χ1n) is 10.9. The van der Waals surface area contributed by atoms with E-state index in [1.54, 1.807) is 4.68 Å². The first-order valence-corrected chi connectivity index (χ1v) is 10.9. The third-order valence-electron chi connectivity index (χ3n) is 6.77. The van der Waals surface area contributed by atoms with Crippen LogP contribution >= 0.6 is 0 Å². The minimum absolute atomic E-state index is 0.0206. The van der Waals surface area contributed by atoms with Crippen LogP contribution in [0, 0.1) is 20.8 Å². The van der Waals surface area contributed by atoms with Crippen molar-refractivity contribution in [2.75, 3.05) is 13.1 Å². The Bertz CT molecular complexity index is 1020. The molecule has 0 aliphatic carbocycles. The monoisotopic (exact) mass is 412 g/mol. The van der Waals surface area contributed by atoms with Gasteiger partial charge in [0.1, 0.15) is 12.4 Å². The summed E-state index contributed by atoms with van der Waals surface area (Å²) < 4.78 is 1.78. The highest BCUT2D eigenvalue weighted by Crippen LogP contribution is 2.30. The average molecular weight is 413 g/mol. The van der Waals surface area contributed by atoms with Crippen LogP contribution in [0.2, 0.25) is 0 Å². The summed E-state index contributed by atoms with van der Waals surface area (Å²) in [7, 11) is 0. The van der Waals surface area contributed by atoms with Gasteiger partial charge < -0.3 is 9.88 Å². The Labute approximate surface area is 177 Å². The van der Waals surface area contributed by atoms with E-state index in [0.717, 1.165) is 54.0 Å². The standard InChI is InChI=1S/C22H32N6O2/c1-13(2)26-10-8-17-18(11-26)23-21(24-22(17)30)19-7-6-9-27(19)20(29)12-28-16(5)14(3)15(4)25-28/h13,19H,6-12H2,1-5H3,(H,23,24,30)/t19-/m1/s1. The summed E-state index contributed by atoms with van der Waals surface area (Å²) in [5.74, 6) is 0.645. The van der Waals surface area contributed by atoms with Gasteiger partial charge in [0.25, 0.3) is 5.56 Å². The highest BCUT2D eigenvalue weighted by molar-refractivity contribution is 5.76. The maximum atomic E-state index is 13.1. The third-order valence-corrected chi connectivity index (χ3v) is 6.77. The number of rotatable bonds is 4. The van der Waals surface area contributed by atoms with Crippen molar-refractivity contribution in [3.63, 3.8) is 0 Å².